The lowest BCUT2D eigenvalue weighted by molar-refractivity contribution is 0.409. The minimum absolute atomic E-state index is 0.801. The maximum absolute atomic E-state index is 4.80. The number of nitrogens with one attached hydrogen (secondary N) is 1. The van der Waals surface area contributed by atoms with Gasteiger partial charge >= 0.3 is 0 Å². The third-order valence-electron chi connectivity index (χ3n) is 4.22. The van der Waals surface area contributed by atoms with Crippen LogP contribution >= 0.6 is 0 Å². The van der Waals surface area contributed by atoms with Crippen molar-refractivity contribution in [3.05, 3.63) is 48.0 Å². The van der Waals surface area contributed by atoms with Gasteiger partial charge in [0.25, 0.3) is 0 Å². The molecule has 0 aromatic carbocycles. The summed E-state index contributed by atoms with van der Waals surface area (Å²) in [5, 5.41) is 8.10. The number of hydrogen-bond acceptors (Lipinski definition) is 6. The monoisotopic (exact) mass is 335 g/mol. The van der Waals surface area contributed by atoms with Gasteiger partial charge in [0.15, 0.2) is 11.5 Å². The van der Waals surface area contributed by atoms with Crippen LogP contribution < -0.4 is 5.32 Å². The Morgan fingerprint density at radius 2 is 2.00 bits per heavy atom. The first-order valence-corrected chi connectivity index (χ1v) is 8.45. The Labute approximate surface area is 146 Å². The highest BCUT2D eigenvalue weighted by atomic mass is 15.3. The lowest BCUT2D eigenvalue weighted by Crippen LogP contribution is -2.20. The summed E-state index contributed by atoms with van der Waals surface area (Å²) < 4.78 is 1.93. The first kappa shape index (κ1) is 15.7. The highest BCUT2D eigenvalue weighted by molar-refractivity contribution is 6.04. The minimum Gasteiger partial charge on any atom is -0.368 e. The maximum Gasteiger partial charge on any atom is 0.167 e. The molecule has 0 amide bonds. The van der Waals surface area contributed by atoms with E-state index in [9.17, 15) is 0 Å². The van der Waals surface area contributed by atoms with E-state index in [-0.39, 0.29) is 0 Å². The molecule has 25 heavy (non-hydrogen) atoms. The van der Waals surface area contributed by atoms with E-state index >= 15 is 0 Å². The zero-order valence-electron chi connectivity index (χ0n) is 14.5. The molecular formula is C18H21N7. The number of rotatable bonds is 5. The van der Waals surface area contributed by atoms with Crippen LogP contribution in [0.4, 0.5) is 0 Å². The molecule has 7 nitrogen and oxygen atoms in total. The molecule has 128 valence electrons. The van der Waals surface area contributed by atoms with Crippen LogP contribution in [0.3, 0.4) is 0 Å². The Bertz CT molecular complexity index is 912. The van der Waals surface area contributed by atoms with E-state index in [0.29, 0.717) is 0 Å². The third kappa shape index (κ3) is 3.10. The SMILES string of the molecule is CN(C)CCc1nc2c(C3=NCCN3)ccc(-c3ccncc3)n2n1. The first-order chi connectivity index (χ1) is 12.2. The molecule has 1 aliphatic rings. The van der Waals surface area contributed by atoms with Gasteiger partial charge in [-0.25, -0.2) is 9.50 Å². The Kier molecular flexibility index (Phi) is 4.15. The van der Waals surface area contributed by atoms with E-state index < -0.39 is 0 Å². The summed E-state index contributed by atoms with van der Waals surface area (Å²) in [5.74, 6) is 1.74. The van der Waals surface area contributed by atoms with Crippen LogP contribution in [-0.2, 0) is 6.42 Å². The number of nitrogens with zero attached hydrogens (tertiary/aromatic N) is 6. The predicted molar refractivity (Wildman–Crippen MR) is 97.9 cm³/mol. The fourth-order valence-corrected chi connectivity index (χ4v) is 2.94. The summed E-state index contributed by atoms with van der Waals surface area (Å²) in [6.45, 7) is 2.58. The summed E-state index contributed by atoms with van der Waals surface area (Å²) in [6.07, 6.45) is 4.40. The van der Waals surface area contributed by atoms with Gasteiger partial charge in [0, 0.05) is 37.5 Å². The average Bonchev–Trinajstić information content (AvgIpc) is 3.29. The fraction of sp³-hybridized carbons (Fsp3) is 0.333. The van der Waals surface area contributed by atoms with Gasteiger partial charge in [0.2, 0.25) is 0 Å². The van der Waals surface area contributed by atoms with E-state index in [0.717, 1.165) is 60.2 Å². The quantitative estimate of drug-likeness (QED) is 0.760. The van der Waals surface area contributed by atoms with Crippen molar-refractivity contribution in [3.63, 3.8) is 0 Å². The second kappa shape index (κ2) is 6.60. The summed E-state index contributed by atoms with van der Waals surface area (Å²) in [6, 6.07) is 8.12. The van der Waals surface area contributed by atoms with Gasteiger partial charge in [-0.1, -0.05) is 0 Å². The van der Waals surface area contributed by atoms with Crippen LogP contribution in [0.2, 0.25) is 0 Å². The number of hydrogen-bond donors (Lipinski definition) is 1. The number of amidine groups is 1. The largest absolute Gasteiger partial charge is 0.368 e. The first-order valence-electron chi connectivity index (χ1n) is 8.45. The smallest absolute Gasteiger partial charge is 0.167 e. The van der Waals surface area contributed by atoms with E-state index in [1.807, 2.05) is 16.6 Å². The van der Waals surface area contributed by atoms with Gasteiger partial charge < -0.3 is 10.2 Å². The van der Waals surface area contributed by atoms with E-state index in [2.05, 4.69) is 46.4 Å². The van der Waals surface area contributed by atoms with Gasteiger partial charge in [-0.05, 0) is 38.4 Å². The lowest BCUT2D eigenvalue weighted by atomic mass is 10.1. The van der Waals surface area contributed by atoms with Crippen molar-refractivity contribution in [1.82, 2.24) is 29.8 Å². The molecule has 4 rings (SSSR count). The van der Waals surface area contributed by atoms with Crippen molar-refractivity contribution in [2.45, 2.75) is 6.42 Å². The van der Waals surface area contributed by atoms with Crippen LogP contribution in [0, 0.1) is 0 Å². The molecule has 0 bridgehead atoms. The predicted octanol–water partition coefficient (Wildman–Crippen LogP) is 1.25. The van der Waals surface area contributed by atoms with E-state index in [1.54, 1.807) is 12.4 Å². The maximum atomic E-state index is 4.80. The standard InChI is InChI=1S/C18H21N7/c1-24(2)12-7-16-22-18-14(17-20-10-11-21-17)3-4-15(25(18)23-16)13-5-8-19-9-6-13/h3-6,8-9H,7,10-12H2,1-2H3,(H,20,21). The minimum atomic E-state index is 0.801. The van der Waals surface area contributed by atoms with Crippen molar-refractivity contribution in [2.24, 2.45) is 4.99 Å². The number of aliphatic imine (C=N–C) groups is 1. The van der Waals surface area contributed by atoms with Gasteiger partial charge in [-0.2, -0.15) is 5.10 Å². The zero-order valence-corrected chi connectivity index (χ0v) is 14.5. The molecule has 3 aromatic heterocycles. The molecule has 0 atom stereocenters. The van der Waals surface area contributed by atoms with Gasteiger partial charge in [0.1, 0.15) is 5.84 Å². The number of pyridine rings is 2. The number of fused-ring (bicyclic) bond motifs is 1. The highest BCUT2D eigenvalue weighted by Crippen LogP contribution is 2.22. The molecular weight excluding hydrogens is 314 g/mol. The van der Waals surface area contributed by atoms with Crippen molar-refractivity contribution in [2.75, 3.05) is 33.7 Å². The summed E-state index contributed by atoms with van der Waals surface area (Å²) in [7, 11) is 4.11. The molecule has 0 unspecified atom stereocenters. The van der Waals surface area contributed by atoms with Crippen molar-refractivity contribution >= 4 is 11.5 Å². The Hall–Kier alpha value is -2.80. The lowest BCUT2D eigenvalue weighted by Gasteiger charge is -2.08. The normalized spacial score (nSPS) is 14.1. The Morgan fingerprint density at radius 3 is 2.72 bits per heavy atom. The summed E-state index contributed by atoms with van der Waals surface area (Å²) >= 11 is 0. The molecule has 0 radical (unpaired) electrons. The Morgan fingerprint density at radius 1 is 1.16 bits per heavy atom. The van der Waals surface area contributed by atoms with Crippen molar-refractivity contribution in [3.8, 4) is 11.3 Å². The molecule has 4 heterocycles. The summed E-state index contributed by atoms with van der Waals surface area (Å²) in [5.41, 5.74) is 3.91. The molecule has 0 aliphatic carbocycles. The molecule has 0 fully saturated rings. The fourth-order valence-electron chi connectivity index (χ4n) is 2.94. The topological polar surface area (TPSA) is 70.7 Å². The molecule has 1 N–H and O–H groups in total. The molecule has 0 saturated carbocycles. The van der Waals surface area contributed by atoms with Crippen molar-refractivity contribution in [1.29, 1.82) is 0 Å². The van der Waals surface area contributed by atoms with E-state index in [4.69, 9.17) is 10.1 Å². The van der Waals surface area contributed by atoms with Crippen LogP contribution in [0.15, 0.2) is 41.7 Å². The summed E-state index contributed by atoms with van der Waals surface area (Å²) in [4.78, 5) is 15.6. The van der Waals surface area contributed by atoms with Gasteiger partial charge in [0.05, 0.1) is 17.8 Å². The molecule has 1 aliphatic heterocycles. The third-order valence-corrected chi connectivity index (χ3v) is 4.22. The second-order valence-electron chi connectivity index (χ2n) is 6.34. The van der Waals surface area contributed by atoms with Gasteiger partial charge in [-0.15, -0.1) is 0 Å². The second-order valence-corrected chi connectivity index (χ2v) is 6.34. The van der Waals surface area contributed by atoms with Crippen molar-refractivity contribution < 1.29 is 0 Å². The van der Waals surface area contributed by atoms with Crippen LogP contribution in [0.25, 0.3) is 16.9 Å². The molecule has 0 spiro atoms. The molecule has 3 aromatic rings. The zero-order chi connectivity index (χ0) is 17.2. The average molecular weight is 335 g/mol. The number of aromatic nitrogens is 4. The van der Waals surface area contributed by atoms with Gasteiger partial charge in [-0.3, -0.25) is 9.98 Å². The Balaban J connectivity index is 1.85. The molecule has 7 heteroatoms. The van der Waals surface area contributed by atoms with Crippen LogP contribution in [0.5, 0.6) is 0 Å². The van der Waals surface area contributed by atoms with Crippen LogP contribution in [-0.4, -0.2) is 64.0 Å². The van der Waals surface area contributed by atoms with Crippen LogP contribution in [0.1, 0.15) is 11.4 Å². The molecule has 0 saturated heterocycles. The number of likely N-dealkylation sites (N-methyl/N-ethyl adjacent to an activating group) is 1. The highest BCUT2D eigenvalue weighted by Gasteiger charge is 2.18. The van der Waals surface area contributed by atoms with E-state index in [1.165, 1.54) is 0 Å².